The summed E-state index contributed by atoms with van der Waals surface area (Å²) in [6.45, 7) is 2.25. The molecule has 1 amide bonds. The highest BCUT2D eigenvalue weighted by molar-refractivity contribution is 5.95. The molecule has 0 radical (unpaired) electrons. The van der Waals surface area contributed by atoms with Gasteiger partial charge in [0.1, 0.15) is 0 Å². The summed E-state index contributed by atoms with van der Waals surface area (Å²) in [5.74, 6) is 1.31. The first-order chi connectivity index (χ1) is 9.22. The Bertz CT molecular complexity index is 490. The minimum atomic E-state index is -0.0430. The molecule has 0 aromatic heterocycles. The smallest absolute Gasteiger partial charge is 0.251 e. The predicted octanol–water partition coefficient (Wildman–Crippen LogP) is 1.24. The van der Waals surface area contributed by atoms with E-state index >= 15 is 0 Å². The fraction of sp³-hybridized carbons (Fsp3) is 0.500. The third-order valence-corrected chi connectivity index (χ3v) is 3.59. The summed E-state index contributed by atoms with van der Waals surface area (Å²) >= 11 is 0. The molecule has 3 rings (SSSR count). The summed E-state index contributed by atoms with van der Waals surface area (Å²) in [6.07, 6.45) is 2.17. The first kappa shape index (κ1) is 12.3. The topological polar surface area (TPSA) is 50.8 Å². The number of nitrogens with one attached hydrogen (secondary N) is 1. The number of piperidine rings is 1. The predicted molar refractivity (Wildman–Crippen MR) is 70.6 cm³/mol. The second-order valence-corrected chi connectivity index (χ2v) is 5.14. The zero-order chi connectivity index (χ0) is 13.2. The Hall–Kier alpha value is -1.75. The Morgan fingerprint density at radius 2 is 2.21 bits per heavy atom. The summed E-state index contributed by atoms with van der Waals surface area (Å²) in [5.41, 5.74) is 0.623. The van der Waals surface area contributed by atoms with Gasteiger partial charge in [0.05, 0.1) is 0 Å². The van der Waals surface area contributed by atoms with Crippen LogP contribution in [0.4, 0.5) is 0 Å². The molecule has 0 spiro atoms. The van der Waals surface area contributed by atoms with Gasteiger partial charge in [-0.2, -0.15) is 0 Å². The molecule has 0 aliphatic carbocycles. The van der Waals surface area contributed by atoms with E-state index in [4.69, 9.17) is 9.47 Å². The van der Waals surface area contributed by atoms with Gasteiger partial charge in [-0.15, -0.1) is 0 Å². The largest absolute Gasteiger partial charge is 0.454 e. The van der Waals surface area contributed by atoms with Gasteiger partial charge in [-0.3, -0.25) is 4.79 Å². The molecule has 2 heterocycles. The molecule has 2 aliphatic rings. The summed E-state index contributed by atoms with van der Waals surface area (Å²) in [5, 5.41) is 3.08. The number of ether oxygens (including phenoxy) is 2. The lowest BCUT2D eigenvalue weighted by Crippen LogP contribution is -2.46. The van der Waals surface area contributed by atoms with E-state index in [0.717, 1.165) is 25.9 Å². The number of fused-ring (bicyclic) bond motifs is 1. The number of nitrogens with zero attached hydrogens (tertiary/aromatic N) is 1. The molecule has 1 unspecified atom stereocenters. The number of benzene rings is 1. The number of carbonyl (C=O) groups excluding carboxylic acids is 1. The molecule has 1 aromatic carbocycles. The molecule has 1 fully saturated rings. The third-order valence-electron chi connectivity index (χ3n) is 3.59. The first-order valence-corrected chi connectivity index (χ1v) is 6.61. The number of carbonyl (C=O) groups is 1. The maximum absolute atomic E-state index is 12.2. The molecular formula is C14H18N2O3. The van der Waals surface area contributed by atoms with Crippen LogP contribution in [0.3, 0.4) is 0 Å². The highest BCUT2D eigenvalue weighted by Gasteiger charge is 2.21. The lowest BCUT2D eigenvalue weighted by molar-refractivity contribution is 0.0912. The normalized spacial score (nSPS) is 22.3. The number of amides is 1. The lowest BCUT2D eigenvalue weighted by atomic mass is 10.1. The van der Waals surface area contributed by atoms with E-state index in [1.165, 1.54) is 0 Å². The quantitative estimate of drug-likeness (QED) is 0.871. The highest BCUT2D eigenvalue weighted by Crippen LogP contribution is 2.32. The van der Waals surface area contributed by atoms with Crippen molar-refractivity contribution in [3.05, 3.63) is 23.8 Å². The van der Waals surface area contributed by atoms with Crippen LogP contribution in [-0.4, -0.2) is 43.8 Å². The van der Waals surface area contributed by atoms with Crippen molar-refractivity contribution < 1.29 is 14.3 Å². The zero-order valence-corrected chi connectivity index (χ0v) is 11.0. The molecular weight excluding hydrogens is 244 g/mol. The van der Waals surface area contributed by atoms with E-state index in [-0.39, 0.29) is 18.7 Å². The maximum atomic E-state index is 12.2. The lowest BCUT2D eigenvalue weighted by Gasteiger charge is -2.30. The number of hydrogen-bond acceptors (Lipinski definition) is 4. The molecule has 1 aromatic rings. The summed E-state index contributed by atoms with van der Waals surface area (Å²) < 4.78 is 10.5. The minimum Gasteiger partial charge on any atom is -0.454 e. The van der Waals surface area contributed by atoms with Gasteiger partial charge < -0.3 is 19.7 Å². The molecule has 102 valence electrons. The number of likely N-dealkylation sites (tertiary alicyclic amines) is 1. The minimum absolute atomic E-state index is 0.0430. The zero-order valence-electron chi connectivity index (χ0n) is 11.0. The van der Waals surface area contributed by atoms with Crippen LogP contribution < -0.4 is 14.8 Å². The number of hydrogen-bond donors (Lipinski definition) is 1. The average Bonchev–Trinajstić information content (AvgIpc) is 2.85. The van der Waals surface area contributed by atoms with E-state index in [0.29, 0.717) is 17.1 Å². The second kappa shape index (κ2) is 5.09. The van der Waals surface area contributed by atoms with Crippen LogP contribution in [0.25, 0.3) is 0 Å². The van der Waals surface area contributed by atoms with Crippen LogP contribution >= 0.6 is 0 Å². The van der Waals surface area contributed by atoms with Crippen molar-refractivity contribution in [1.82, 2.24) is 10.2 Å². The van der Waals surface area contributed by atoms with Gasteiger partial charge in [-0.25, -0.2) is 0 Å². The number of rotatable bonds is 2. The van der Waals surface area contributed by atoms with Crippen molar-refractivity contribution in [2.75, 3.05) is 26.9 Å². The molecule has 1 saturated heterocycles. The maximum Gasteiger partial charge on any atom is 0.251 e. The van der Waals surface area contributed by atoms with Crippen molar-refractivity contribution in [2.24, 2.45) is 0 Å². The van der Waals surface area contributed by atoms with Crippen LogP contribution in [0.2, 0.25) is 0 Å². The fourth-order valence-electron chi connectivity index (χ4n) is 2.59. The van der Waals surface area contributed by atoms with Crippen LogP contribution in [0, 0.1) is 0 Å². The van der Waals surface area contributed by atoms with Crippen LogP contribution in [0.5, 0.6) is 11.5 Å². The Labute approximate surface area is 112 Å². The van der Waals surface area contributed by atoms with E-state index < -0.39 is 0 Å². The van der Waals surface area contributed by atoms with Gasteiger partial charge in [-0.05, 0) is 44.6 Å². The van der Waals surface area contributed by atoms with Gasteiger partial charge in [-0.1, -0.05) is 0 Å². The number of likely N-dealkylation sites (N-methyl/N-ethyl adjacent to an activating group) is 1. The summed E-state index contributed by atoms with van der Waals surface area (Å²) in [7, 11) is 2.08. The Kier molecular flexibility index (Phi) is 3.29. The van der Waals surface area contributed by atoms with Gasteiger partial charge in [0.2, 0.25) is 6.79 Å². The monoisotopic (exact) mass is 262 g/mol. The molecule has 0 saturated carbocycles. The average molecular weight is 262 g/mol. The molecule has 1 N–H and O–H groups in total. The van der Waals surface area contributed by atoms with Crippen molar-refractivity contribution >= 4 is 5.91 Å². The van der Waals surface area contributed by atoms with Gasteiger partial charge in [0, 0.05) is 18.2 Å². The SMILES string of the molecule is CN1CCCC(NC(=O)c2ccc3c(c2)OCO3)C1. The van der Waals surface area contributed by atoms with E-state index in [2.05, 4.69) is 17.3 Å². The third kappa shape index (κ3) is 2.66. The molecule has 2 aliphatic heterocycles. The van der Waals surface area contributed by atoms with Gasteiger partial charge >= 0.3 is 0 Å². The van der Waals surface area contributed by atoms with Crippen LogP contribution in [0.15, 0.2) is 18.2 Å². The standard InChI is InChI=1S/C14H18N2O3/c1-16-6-2-3-11(8-16)15-14(17)10-4-5-12-13(7-10)19-9-18-12/h4-5,7,11H,2-3,6,8-9H2,1H3,(H,15,17). The molecule has 19 heavy (non-hydrogen) atoms. The highest BCUT2D eigenvalue weighted by atomic mass is 16.7. The van der Waals surface area contributed by atoms with E-state index in [1.54, 1.807) is 18.2 Å². The Morgan fingerprint density at radius 3 is 3.05 bits per heavy atom. The van der Waals surface area contributed by atoms with E-state index in [9.17, 15) is 4.79 Å². The Morgan fingerprint density at radius 1 is 1.37 bits per heavy atom. The van der Waals surface area contributed by atoms with Crippen molar-refractivity contribution in [3.8, 4) is 11.5 Å². The van der Waals surface area contributed by atoms with Crippen molar-refractivity contribution in [1.29, 1.82) is 0 Å². The van der Waals surface area contributed by atoms with Gasteiger partial charge in [0.15, 0.2) is 11.5 Å². The summed E-state index contributed by atoms with van der Waals surface area (Å²) in [4.78, 5) is 14.4. The van der Waals surface area contributed by atoms with Crippen LogP contribution in [-0.2, 0) is 0 Å². The fourth-order valence-corrected chi connectivity index (χ4v) is 2.59. The summed E-state index contributed by atoms with van der Waals surface area (Å²) in [6, 6.07) is 5.53. The van der Waals surface area contributed by atoms with Gasteiger partial charge in [0.25, 0.3) is 5.91 Å². The van der Waals surface area contributed by atoms with E-state index in [1.807, 2.05) is 0 Å². The van der Waals surface area contributed by atoms with Crippen LogP contribution in [0.1, 0.15) is 23.2 Å². The molecule has 5 nitrogen and oxygen atoms in total. The van der Waals surface area contributed by atoms with Crippen molar-refractivity contribution in [2.45, 2.75) is 18.9 Å². The Balaban J connectivity index is 1.67. The second-order valence-electron chi connectivity index (χ2n) is 5.14. The molecule has 1 atom stereocenters. The van der Waals surface area contributed by atoms with Crippen molar-refractivity contribution in [3.63, 3.8) is 0 Å². The molecule has 5 heteroatoms. The first-order valence-electron chi connectivity index (χ1n) is 6.61. The molecule has 0 bridgehead atoms.